The summed E-state index contributed by atoms with van der Waals surface area (Å²) >= 11 is 1.66. The number of fused-ring (bicyclic) bond motifs is 2. The predicted molar refractivity (Wildman–Crippen MR) is 190 cm³/mol. The van der Waals surface area contributed by atoms with E-state index in [9.17, 15) is 0 Å². The molecular formula is C38H30N6S. The predicted octanol–water partition coefficient (Wildman–Crippen LogP) is 9.34. The van der Waals surface area contributed by atoms with Gasteiger partial charge in [-0.25, -0.2) is 15.0 Å². The molecule has 0 aliphatic rings. The number of anilines is 2. The van der Waals surface area contributed by atoms with Crippen LogP contribution in [0.3, 0.4) is 0 Å². The van der Waals surface area contributed by atoms with Gasteiger partial charge in [0.25, 0.3) is 0 Å². The zero-order valence-electron chi connectivity index (χ0n) is 24.7. The maximum absolute atomic E-state index is 6.87. The lowest BCUT2D eigenvalue weighted by atomic mass is 10.1. The van der Waals surface area contributed by atoms with Crippen molar-refractivity contribution in [2.24, 2.45) is 0 Å². The van der Waals surface area contributed by atoms with Crippen LogP contribution in [-0.4, -0.2) is 19.5 Å². The van der Waals surface area contributed by atoms with E-state index in [1.165, 1.54) is 0 Å². The Hall–Kier alpha value is -5.79. The molecule has 45 heavy (non-hydrogen) atoms. The normalized spacial score (nSPS) is 12.0. The first-order valence-electron chi connectivity index (χ1n) is 14.6. The van der Waals surface area contributed by atoms with E-state index in [0.29, 0.717) is 23.2 Å². The smallest absolute Gasteiger partial charge is 0.164 e. The number of para-hydroxylation sites is 1. The fourth-order valence-corrected chi connectivity index (χ4v) is 6.79. The number of aromatic nitrogens is 4. The third kappa shape index (κ3) is 4.99. The lowest BCUT2D eigenvalue weighted by Gasteiger charge is -2.13. The van der Waals surface area contributed by atoms with E-state index >= 15 is 0 Å². The zero-order valence-corrected chi connectivity index (χ0v) is 25.5. The van der Waals surface area contributed by atoms with Crippen LogP contribution in [0.5, 0.6) is 0 Å². The van der Waals surface area contributed by atoms with Crippen LogP contribution in [0, 0.1) is 0 Å². The molecule has 0 radical (unpaired) electrons. The summed E-state index contributed by atoms with van der Waals surface area (Å²) in [4.78, 5) is 15.6. The lowest BCUT2D eigenvalue weighted by molar-refractivity contribution is 1.04. The van der Waals surface area contributed by atoms with Gasteiger partial charge in [-0.05, 0) is 43.3 Å². The average molecular weight is 603 g/mol. The summed E-state index contributed by atoms with van der Waals surface area (Å²) in [7, 11) is 0. The summed E-state index contributed by atoms with van der Waals surface area (Å²) < 4.78 is 3.32. The molecule has 7 aromatic rings. The Morgan fingerprint density at radius 1 is 0.733 bits per heavy atom. The van der Waals surface area contributed by atoms with E-state index in [1.54, 1.807) is 17.4 Å². The first-order valence-corrected chi connectivity index (χ1v) is 15.4. The highest BCUT2D eigenvalue weighted by molar-refractivity contribution is 7.23. The van der Waals surface area contributed by atoms with E-state index < -0.39 is 0 Å². The molecule has 0 atom stereocenters. The highest BCUT2D eigenvalue weighted by atomic mass is 32.1. The van der Waals surface area contributed by atoms with Crippen molar-refractivity contribution in [3.8, 4) is 39.0 Å². The van der Waals surface area contributed by atoms with Crippen molar-refractivity contribution in [1.82, 2.24) is 19.5 Å². The minimum Gasteiger partial charge on any atom is -0.397 e. The summed E-state index contributed by atoms with van der Waals surface area (Å²) in [5.41, 5.74) is 20.6. The first kappa shape index (κ1) is 28.0. The molecule has 7 heteroatoms. The Kier molecular flexibility index (Phi) is 7.29. The van der Waals surface area contributed by atoms with E-state index in [-0.39, 0.29) is 0 Å². The van der Waals surface area contributed by atoms with E-state index in [4.69, 9.17) is 26.4 Å². The monoisotopic (exact) mass is 602 g/mol. The van der Waals surface area contributed by atoms with Crippen LogP contribution in [0.15, 0.2) is 134 Å². The third-order valence-corrected chi connectivity index (χ3v) is 8.91. The van der Waals surface area contributed by atoms with Crippen molar-refractivity contribution in [2.45, 2.75) is 6.92 Å². The molecule has 4 N–H and O–H groups in total. The quantitative estimate of drug-likeness (QED) is 0.177. The number of allylic oxidation sites excluding steroid dienone is 5. The Bertz CT molecular complexity index is 2260. The Morgan fingerprint density at radius 2 is 1.38 bits per heavy atom. The molecule has 0 fully saturated rings. The van der Waals surface area contributed by atoms with Crippen LogP contribution >= 0.6 is 11.3 Å². The van der Waals surface area contributed by atoms with Crippen molar-refractivity contribution < 1.29 is 0 Å². The molecular weight excluding hydrogens is 573 g/mol. The molecule has 0 aliphatic heterocycles. The minimum atomic E-state index is 0.577. The maximum atomic E-state index is 6.87. The van der Waals surface area contributed by atoms with Gasteiger partial charge in [-0.2, -0.15) is 0 Å². The van der Waals surface area contributed by atoms with Gasteiger partial charge in [0.2, 0.25) is 0 Å². The van der Waals surface area contributed by atoms with Crippen molar-refractivity contribution in [3.05, 3.63) is 140 Å². The number of hydrogen-bond acceptors (Lipinski definition) is 6. The lowest BCUT2D eigenvalue weighted by Crippen LogP contribution is -2.03. The second kappa shape index (κ2) is 11.7. The number of nitrogen functional groups attached to an aromatic ring is 2. The van der Waals surface area contributed by atoms with Gasteiger partial charge in [0.05, 0.1) is 27.5 Å². The summed E-state index contributed by atoms with van der Waals surface area (Å²) in [5.74, 6) is 1.76. The number of rotatable bonds is 7. The van der Waals surface area contributed by atoms with Gasteiger partial charge in [-0.15, -0.1) is 11.3 Å². The van der Waals surface area contributed by atoms with Crippen molar-refractivity contribution >= 4 is 49.3 Å². The second-order valence-electron chi connectivity index (χ2n) is 10.5. The fourth-order valence-electron chi connectivity index (χ4n) is 5.62. The molecule has 0 saturated carbocycles. The summed E-state index contributed by atoms with van der Waals surface area (Å²) in [6.07, 6.45) is 7.58. The SMILES string of the molecule is C=C/C=C(\C=C/C)c1nc(-c2ccccc2)nc(-c2ccc(-n3c(-c4sc5ccccc5c4N)c(N)c4ccccc43)cc2)n1. The van der Waals surface area contributed by atoms with Gasteiger partial charge in [-0.1, -0.05) is 97.6 Å². The standard InChI is InChI=1S/C38H30N6S/c1-3-12-24(13-4-2)36-41-37(25-14-6-5-7-15-25)43-38(42-36)26-20-22-27(23-21-26)44-30-18-10-8-16-28(30)32(39)34(44)35-33(40)29-17-9-11-19-31(29)45-35/h3-23H,1,39-40H2,2H3/b13-4-,24-12+. The average Bonchev–Trinajstić information content (AvgIpc) is 3.58. The molecule has 0 saturated heterocycles. The summed E-state index contributed by atoms with van der Waals surface area (Å²) in [5, 5.41) is 2.01. The van der Waals surface area contributed by atoms with Crippen molar-refractivity contribution in [2.75, 3.05) is 11.5 Å². The van der Waals surface area contributed by atoms with Gasteiger partial charge in [-0.3, -0.25) is 0 Å². The third-order valence-electron chi connectivity index (χ3n) is 7.72. The van der Waals surface area contributed by atoms with Crippen molar-refractivity contribution in [1.29, 1.82) is 0 Å². The molecule has 218 valence electrons. The minimum absolute atomic E-state index is 0.577. The first-order chi connectivity index (χ1) is 22.1. The van der Waals surface area contributed by atoms with E-state index in [1.807, 2.05) is 91.9 Å². The van der Waals surface area contributed by atoms with Crippen LogP contribution in [0.4, 0.5) is 11.4 Å². The summed E-state index contributed by atoms with van der Waals surface area (Å²) in [6, 6.07) is 34.5. The van der Waals surface area contributed by atoms with Gasteiger partial charge < -0.3 is 16.0 Å². The Labute approximate surface area is 265 Å². The summed E-state index contributed by atoms with van der Waals surface area (Å²) in [6.45, 7) is 5.84. The Balaban J connectivity index is 1.39. The Morgan fingerprint density at radius 3 is 2.07 bits per heavy atom. The van der Waals surface area contributed by atoms with Crippen LogP contribution in [-0.2, 0) is 0 Å². The van der Waals surface area contributed by atoms with Crippen LogP contribution in [0.1, 0.15) is 12.7 Å². The van der Waals surface area contributed by atoms with Crippen LogP contribution in [0.2, 0.25) is 0 Å². The molecule has 6 nitrogen and oxygen atoms in total. The maximum Gasteiger partial charge on any atom is 0.164 e. The molecule has 0 aliphatic carbocycles. The van der Waals surface area contributed by atoms with Crippen LogP contribution < -0.4 is 11.5 Å². The second-order valence-corrected chi connectivity index (χ2v) is 11.6. The van der Waals surface area contributed by atoms with Gasteiger partial charge in [0.15, 0.2) is 17.5 Å². The molecule has 4 aromatic carbocycles. The number of nitrogens with two attached hydrogens (primary N) is 2. The van der Waals surface area contributed by atoms with Gasteiger partial charge in [0.1, 0.15) is 0 Å². The molecule has 0 unspecified atom stereocenters. The molecule has 0 amide bonds. The fraction of sp³-hybridized carbons (Fsp3) is 0.0263. The number of nitrogens with zero attached hydrogens (tertiary/aromatic N) is 4. The topological polar surface area (TPSA) is 95.6 Å². The molecule has 3 heterocycles. The highest BCUT2D eigenvalue weighted by Gasteiger charge is 2.23. The van der Waals surface area contributed by atoms with Gasteiger partial charge >= 0.3 is 0 Å². The number of hydrogen-bond donors (Lipinski definition) is 2. The number of benzene rings is 4. The highest BCUT2D eigenvalue weighted by Crippen LogP contribution is 2.47. The molecule has 0 bridgehead atoms. The molecule has 7 rings (SSSR count). The van der Waals surface area contributed by atoms with Gasteiger partial charge in [0, 0.05) is 37.9 Å². The van der Waals surface area contributed by atoms with E-state index in [0.717, 1.165) is 59.6 Å². The molecule has 0 spiro atoms. The largest absolute Gasteiger partial charge is 0.397 e. The van der Waals surface area contributed by atoms with Crippen LogP contribution in [0.25, 0.3) is 65.6 Å². The van der Waals surface area contributed by atoms with Crippen molar-refractivity contribution in [3.63, 3.8) is 0 Å². The van der Waals surface area contributed by atoms with E-state index in [2.05, 4.69) is 47.5 Å². The molecule has 3 aromatic heterocycles. The zero-order chi connectivity index (χ0) is 30.9. The number of thiophene rings is 1.